The summed E-state index contributed by atoms with van der Waals surface area (Å²) in [6, 6.07) is 0. The second kappa shape index (κ2) is 6.98. The highest BCUT2D eigenvalue weighted by atomic mass is 17.2. The predicted molar refractivity (Wildman–Crippen MR) is 35.1 cm³/mol. The Morgan fingerprint density at radius 2 is 2.12 bits per heavy atom. The van der Waals surface area contributed by atoms with E-state index in [2.05, 4.69) is 16.6 Å². The van der Waals surface area contributed by atoms with Crippen molar-refractivity contribution < 1.29 is 9.69 Å². The Bertz CT molecular complexity index is 35.4. The maximum Gasteiger partial charge on any atom is 0.306 e. The van der Waals surface area contributed by atoms with E-state index in [4.69, 9.17) is 0 Å². The molecule has 3 heteroatoms. The summed E-state index contributed by atoms with van der Waals surface area (Å²) in [4.78, 5) is 9.02. The summed E-state index contributed by atoms with van der Waals surface area (Å²) in [7, 11) is 1.53. The van der Waals surface area contributed by atoms with E-state index in [9.17, 15) is 0 Å². The van der Waals surface area contributed by atoms with Gasteiger partial charge in [-0.15, -0.1) is 0 Å². The van der Waals surface area contributed by atoms with Crippen LogP contribution in [0.3, 0.4) is 0 Å². The first-order valence-electron chi connectivity index (χ1n) is 3.07. The molecule has 0 aliphatic heterocycles. The van der Waals surface area contributed by atoms with Crippen LogP contribution in [0.25, 0.3) is 0 Å². The van der Waals surface area contributed by atoms with E-state index in [-0.39, 0.29) is 0 Å². The normalized spacial score (nSPS) is 9.62. The maximum atomic E-state index is 4.64. The van der Waals surface area contributed by atoms with Crippen LogP contribution in [-0.2, 0) is 9.69 Å². The first kappa shape index (κ1) is 7.98. The van der Waals surface area contributed by atoms with Gasteiger partial charge >= 0.3 is 8.05 Å². The fraction of sp³-hybridized carbons (Fsp3) is 1.00. The summed E-state index contributed by atoms with van der Waals surface area (Å²) in [5, 5.41) is 0. The van der Waals surface area contributed by atoms with Crippen LogP contribution in [0.1, 0.15) is 26.2 Å². The van der Waals surface area contributed by atoms with Gasteiger partial charge in [0.1, 0.15) is 0 Å². The molecule has 0 spiro atoms. The summed E-state index contributed by atoms with van der Waals surface area (Å²) < 4.78 is 0. The molecule has 0 unspecified atom stereocenters. The summed E-state index contributed by atoms with van der Waals surface area (Å²) >= 11 is 0. The largest absolute Gasteiger partial charge is 0.315 e. The molecule has 0 saturated carbocycles. The predicted octanol–water partition coefficient (Wildman–Crippen LogP) is 0.673. The van der Waals surface area contributed by atoms with Gasteiger partial charge in [-0.05, 0) is 6.42 Å². The average molecular weight is 116 g/mol. The van der Waals surface area contributed by atoms with Gasteiger partial charge in [-0.1, -0.05) is 19.8 Å². The van der Waals surface area contributed by atoms with Crippen LogP contribution in [0.4, 0.5) is 0 Å². The quantitative estimate of drug-likeness (QED) is 0.227. The smallest absolute Gasteiger partial charge is 0.306 e. The second-order valence-electron chi connectivity index (χ2n) is 1.70. The van der Waals surface area contributed by atoms with Crippen molar-refractivity contribution >= 4 is 8.05 Å². The molecule has 0 radical (unpaired) electrons. The molecule has 0 aromatic carbocycles. The molecule has 0 N–H and O–H groups in total. The molecule has 0 rings (SSSR count). The van der Waals surface area contributed by atoms with Gasteiger partial charge in [0.05, 0.1) is 6.61 Å². The van der Waals surface area contributed by atoms with E-state index in [1.165, 1.54) is 20.9 Å². The van der Waals surface area contributed by atoms with E-state index in [1.54, 1.807) is 0 Å². The van der Waals surface area contributed by atoms with Crippen LogP contribution in [0, 0.1) is 0 Å². The molecule has 2 nitrogen and oxygen atoms in total. The first-order valence-corrected chi connectivity index (χ1v) is 3.07. The van der Waals surface area contributed by atoms with Gasteiger partial charge in [0.2, 0.25) is 0 Å². The molecule has 0 saturated heterocycles. The van der Waals surface area contributed by atoms with E-state index < -0.39 is 0 Å². The van der Waals surface area contributed by atoms with Crippen molar-refractivity contribution in [2.24, 2.45) is 0 Å². The van der Waals surface area contributed by atoms with Gasteiger partial charge in [0.15, 0.2) is 0 Å². The van der Waals surface area contributed by atoms with E-state index >= 15 is 0 Å². The zero-order valence-electron chi connectivity index (χ0n) is 5.64. The Morgan fingerprint density at radius 1 is 1.38 bits per heavy atom. The third-order valence-electron chi connectivity index (χ3n) is 0.949. The van der Waals surface area contributed by atoms with Crippen LogP contribution in [0.15, 0.2) is 0 Å². The van der Waals surface area contributed by atoms with Crippen molar-refractivity contribution in [1.29, 1.82) is 0 Å². The van der Waals surface area contributed by atoms with E-state index in [0.717, 1.165) is 13.0 Å². The second-order valence-corrected chi connectivity index (χ2v) is 1.70. The van der Waals surface area contributed by atoms with Gasteiger partial charge < -0.3 is 4.81 Å². The van der Waals surface area contributed by atoms with Gasteiger partial charge in [0.25, 0.3) is 0 Å². The minimum Gasteiger partial charge on any atom is -0.315 e. The highest BCUT2D eigenvalue weighted by Crippen LogP contribution is 1.92. The molecule has 0 aromatic heterocycles. The highest BCUT2D eigenvalue weighted by molar-refractivity contribution is 5.97. The SMILES string of the molecule is BOOCCCCC. The summed E-state index contributed by atoms with van der Waals surface area (Å²) in [5.74, 6) is 0. The van der Waals surface area contributed by atoms with Crippen molar-refractivity contribution in [2.45, 2.75) is 26.2 Å². The number of hydrogen-bond acceptors (Lipinski definition) is 2. The number of unbranched alkanes of at least 4 members (excludes halogenated alkanes) is 2. The lowest BCUT2D eigenvalue weighted by Gasteiger charge is -1.96. The Kier molecular flexibility index (Phi) is 6.97. The molecule has 48 valence electrons. The van der Waals surface area contributed by atoms with Crippen LogP contribution in [0.5, 0.6) is 0 Å². The van der Waals surface area contributed by atoms with E-state index in [1.807, 2.05) is 0 Å². The lowest BCUT2D eigenvalue weighted by molar-refractivity contribution is -0.204. The zero-order chi connectivity index (χ0) is 6.24. The van der Waals surface area contributed by atoms with Crippen molar-refractivity contribution in [2.75, 3.05) is 6.61 Å². The minimum absolute atomic E-state index is 0.727. The van der Waals surface area contributed by atoms with Gasteiger partial charge in [-0.25, -0.2) is 0 Å². The topological polar surface area (TPSA) is 18.5 Å². The standard InChI is InChI=1S/C5H13BO2/c1-2-3-4-5-7-8-6/h2-6H2,1H3. The monoisotopic (exact) mass is 116 g/mol. The Morgan fingerprint density at radius 3 is 2.62 bits per heavy atom. The van der Waals surface area contributed by atoms with Crippen molar-refractivity contribution in [3.05, 3.63) is 0 Å². The minimum atomic E-state index is 0.727. The molecule has 0 amide bonds. The molecule has 8 heavy (non-hydrogen) atoms. The lowest BCUT2D eigenvalue weighted by Crippen LogP contribution is -1.92. The molecule has 0 heterocycles. The van der Waals surface area contributed by atoms with Crippen molar-refractivity contribution in [3.63, 3.8) is 0 Å². The van der Waals surface area contributed by atoms with Crippen LogP contribution >= 0.6 is 0 Å². The molecule has 0 aromatic rings. The Hall–Kier alpha value is -0.0151. The van der Waals surface area contributed by atoms with Gasteiger partial charge in [-0.3, -0.25) is 4.89 Å². The number of hydrogen-bond donors (Lipinski definition) is 0. The Balaban J connectivity index is 2.53. The van der Waals surface area contributed by atoms with Gasteiger partial charge in [0, 0.05) is 0 Å². The van der Waals surface area contributed by atoms with Gasteiger partial charge in [-0.2, -0.15) is 0 Å². The summed E-state index contributed by atoms with van der Waals surface area (Å²) in [6.45, 7) is 2.89. The third-order valence-corrected chi connectivity index (χ3v) is 0.949. The number of rotatable bonds is 5. The zero-order valence-corrected chi connectivity index (χ0v) is 5.64. The maximum absolute atomic E-state index is 4.64. The lowest BCUT2D eigenvalue weighted by atomic mass is 10.3. The molecular formula is C5H13BO2. The van der Waals surface area contributed by atoms with Crippen LogP contribution in [-0.4, -0.2) is 14.7 Å². The summed E-state index contributed by atoms with van der Waals surface area (Å²) in [5.41, 5.74) is 0. The fourth-order valence-electron chi connectivity index (χ4n) is 0.494. The Labute approximate surface area is 51.5 Å². The average Bonchev–Trinajstić information content (AvgIpc) is 1.81. The van der Waals surface area contributed by atoms with E-state index in [0.29, 0.717) is 0 Å². The molecule has 0 fully saturated rings. The first-order chi connectivity index (χ1) is 3.91. The summed E-state index contributed by atoms with van der Waals surface area (Å²) in [6.07, 6.45) is 3.56. The molecule has 0 aliphatic rings. The van der Waals surface area contributed by atoms with Crippen LogP contribution in [0.2, 0.25) is 0 Å². The molecule has 0 atom stereocenters. The molecular weight excluding hydrogens is 103 g/mol. The van der Waals surface area contributed by atoms with Crippen molar-refractivity contribution in [3.8, 4) is 0 Å². The molecule has 0 bridgehead atoms. The van der Waals surface area contributed by atoms with Crippen molar-refractivity contribution in [1.82, 2.24) is 0 Å². The fourth-order valence-corrected chi connectivity index (χ4v) is 0.494. The molecule has 0 aliphatic carbocycles. The third kappa shape index (κ3) is 5.98. The van der Waals surface area contributed by atoms with Crippen LogP contribution < -0.4 is 0 Å². The highest BCUT2D eigenvalue weighted by Gasteiger charge is 1.83.